The number of carbonyl (C=O) groups excluding carboxylic acids is 1. The highest BCUT2D eigenvalue weighted by Crippen LogP contribution is 2.16. The lowest BCUT2D eigenvalue weighted by molar-refractivity contribution is 0.0954. The molecule has 0 heterocycles. The number of guanidine groups is 1. The summed E-state index contributed by atoms with van der Waals surface area (Å²) in [7, 11) is 1.58. The van der Waals surface area contributed by atoms with Crippen molar-refractivity contribution in [2.75, 3.05) is 20.2 Å². The number of ether oxygens (including phenoxy) is 1. The zero-order valence-corrected chi connectivity index (χ0v) is 14.4. The van der Waals surface area contributed by atoms with Crippen LogP contribution in [0.25, 0.3) is 0 Å². The molecule has 0 aromatic heterocycles. The van der Waals surface area contributed by atoms with E-state index in [-0.39, 0.29) is 5.91 Å². The first-order chi connectivity index (χ1) is 11.7. The second-order valence-corrected chi connectivity index (χ2v) is 6.09. The first-order valence-corrected chi connectivity index (χ1v) is 8.68. The van der Waals surface area contributed by atoms with Crippen LogP contribution in [0.15, 0.2) is 29.3 Å². The Balaban J connectivity index is 1.71. The highest BCUT2D eigenvalue weighted by atomic mass is 16.5. The average Bonchev–Trinajstić information content (AvgIpc) is 2.87. The number of methoxy groups -OCH3 is 1. The van der Waals surface area contributed by atoms with Crippen LogP contribution < -0.4 is 21.1 Å². The number of hydrogen-bond acceptors (Lipinski definition) is 3. The first-order valence-electron chi connectivity index (χ1n) is 8.68. The summed E-state index contributed by atoms with van der Waals surface area (Å²) in [5.74, 6) is 0.995. The molecule has 0 unspecified atom stereocenters. The van der Waals surface area contributed by atoms with E-state index in [1.807, 2.05) is 0 Å². The summed E-state index contributed by atoms with van der Waals surface area (Å²) < 4.78 is 5.12. The van der Waals surface area contributed by atoms with Crippen molar-refractivity contribution in [1.82, 2.24) is 10.6 Å². The van der Waals surface area contributed by atoms with E-state index < -0.39 is 0 Å². The Morgan fingerprint density at radius 3 is 2.75 bits per heavy atom. The molecule has 1 aliphatic carbocycles. The summed E-state index contributed by atoms with van der Waals surface area (Å²) >= 11 is 0. The van der Waals surface area contributed by atoms with Crippen molar-refractivity contribution >= 4 is 11.9 Å². The molecule has 24 heavy (non-hydrogen) atoms. The van der Waals surface area contributed by atoms with E-state index in [0.717, 1.165) is 12.8 Å². The maximum atomic E-state index is 12.1. The van der Waals surface area contributed by atoms with Gasteiger partial charge < -0.3 is 21.1 Å². The van der Waals surface area contributed by atoms with E-state index >= 15 is 0 Å². The van der Waals surface area contributed by atoms with Crippen LogP contribution in [-0.4, -0.2) is 38.1 Å². The number of hydrogen-bond donors (Lipinski definition) is 3. The molecule has 6 heteroatoms. The monoisotopic (exact) mass is 332 g/mol. The fourth-order valence-electron chi connectivity index (χ4n) is 2.89. The van der Waals surface area contributed by atoms with Gasteiger partial charge >= 0.3 is 0 Å². The number of carbonyl (C=O) groups is 1. The van der Waals surface area contributed by atoms with E-state index in [1.54, 1.807) is 31.4 Å². The Morgan fingerprint density at radius 1 is 1.29 bits per heavy atom. The van der Waals surface area contributed by atoms with Crippen molar-refractivity contribution in [2.45, 2.75) is 44.6 Å². The number of benzene rings is 1. The fraction of sp³-hybridized carbons (Fsp3) is 0.556. The van der Waals surface area contributed by atoms with Crippen LogP contribution in [0.1, 0.15) is 48.9 Å². The van der Waals surface area contributed by atoms with Gasteiger partial charge in [-0.25, -0.2) is 0 Å². The Bertz CT molecular complexity index is 552. The molecule has 0 radical (unpaired) electrons. The van der Waals surface area contributed by atoms with Crippen LogP contribution in [0, 0.1) is 0 Å². The van der Waals surface area contributed by atoms with Gasteiger partial charge in [-0.05, 0) is 31.0 Å². The minimum Gasteiger partial charge on any atom is -0.497 e. The molecule has 1 amide bonds. The topological polar surface area (TPSA) is 88.7 Å². The minimum absolute atomic E-state index is 0.139. The molecule has 1 aromatic carbocycles. The molecule has 1 saturated carbocycles. The number of amides is 1. The molecule has 0 spiro atoms. The molecular formula is C18H28N4O2. The fourth-order valence-corrected chi connectivity index (χ4v) is 2.89. The van der Waals surface area contributed by atoms with Crippen molar-refractivity contribution in [3.05, 3.63) is 29.8 Å². The van der Waals surface area contributed by atoms with Gasteiger partial charge in [0.05, 0.1) is 13.7 Å². The van der Waals surface area contributed by atoms with Crippen LogP contribution >= 0.6 is 0 Å². The summed E-state index contributed by atoms with van der Waals surface area (Å²) in [4.78, 5) is 16.3. The summed E-state index contributed by atoms with van der Waals surface area (Å²) in [6.45, 7) is 0.907. The summed E-state index contributed by atoms with van der Waals surface area (Å²) in [6.07, 6.45) is 7.44. The van der Waals surface area contributed by atoms with E-state index in [9.17, 15) is 4.79 Å². The predicted octanol–water partition coefficient (Wildman–Crippen LogP) is 2.05. The quantitative estimate of drug-likeness (QED) is 0.322. The summed E-state index contributed by atoms with van der Waals surface area (Å²) in [6, 6.07) is 7.49. The summed E-state index contributed by atoms with van der Waals surface area (Å²) in [5, 5.41) is 6.13. The van der Waals surface area contributed by atoms with Crippen LogP contribution in [0.5, 0.6) is 5.75 Å². The van der Waals surface area contributed by atoms with Gasteiger partial charge in [-0.3, -0.25) is 9.79 Å². The zero-order chi connectivity index (χ0) is 17.2. The van der Waals surface area contributed by atoms with Gasteiger partial charge in [-0.1, -0.05) is 31.7 Å². The number of nitrogens with two attached hydrogens (primary N) is 1. The second kappa shape index (κ2) is 9.80. The minimum atomic E-state index is -0.139. The predicted molar refractivity (Wildman–Crippen MR) is 96.4 cm³/mol. The molecule has 132 valence electrons. The standard InChI is InChI=1S/C18H28N4O2/c1-24-16-10-6-7-14(13-16)17(23)20-11-12-21-18(19)22-15-8-4-2-3-5-9-15/h6-7,10,13,15H,2-5,8-9,11-12H2,1H3,(H,20,23)(H3,19,21,22). The van der Waals surface area contributed by atoms with Crippen LogP contribution in [0.4, 0.5) is 0 Å². The van der Waals surface area contributed by atoms with Crippen LogP contribution in [0.3, 0.4) is 0 Å². The van der Waals surface area contributed by atoms with Gasteiger partial charge in [0.2, 0.25) is 0 Å². The number of aliphatic imine (C=N–C) groups is 1. The number of nitrogens with zero attached hydrogens (tertiary/aromatic N) is 1. The zero-order valence-electron chi connectivity index (χ0n) is 14.4. The third kappa shape index (κ3) is 6.10. The molecule has 0 saturated heterocycles. The molecule has 0 atom stereocenters. The number of nitrogens with one attached hydrogen (secondary N) is 2. The first kappa shape index (κ1) is 18.1. The molecule has 1 aliphatic rings. The van der Waals surface area contributed by atoms with Crippen molar-refractivity contribution in [3.8, 4) is 5.75 Å². The second-order valence-electron chi connectivity index (χ2n) is 6.09. The SMILES string of the molecule is COc1cccc(C(=O)NCCN=C(N)NC2CCCCCC2)c1. The van der Waals surface area contributed by atoms with Crippen molar-refractivity contribution < 1.29 is 9.53 Å². The van der Waals surface area contributed by atoms with Crippen LogP contribution in [0.2, 0.25) is 0 Å². The van der Waals surface area contributed by atoms with Crippen molar-refractivity contribution in [3.63, 3.8) is 0 Å². The lowest BCUT2D eigenvalue weighted by Crippen LogP contribution is -2.40. The molecule has 0 bridgehead atoms. The smallest absolute Gasteiger partial charge is 0.251 e. The van der Waals surface area contributed by atoms with E-state index in [2.05, 4.69) is 15.6 Å². The molecule has 1 fully saturated rings. The lowest BCUT2D eigenvalue weighted by atomic mass is 10.1. The molecule has 2 rings (SSSR count). The third-order valence-electron chi connectivity index (χ3n) is 4.22. The van der Waals surface area contributed by atoms with E-state index in [1.165, 1.54) is 25.7 Å². The highest BCUT2D eigenvalue weighted by Gasteiger charge is 2.12. The van der Waals surface area contributed by atoms with Gasteiger partial charge in [-0.15, -0.1) is 0 Å². The van der Waals surface area contributed by atoms with Gasteiger partial charge in [0.25, 0.3) is 5.91 Å². The summed E-state index contributed by atoms with van der Waals surface area (Å²) in [5.41, 5.74) is 6.50. The molecule has 4 N–H and O–H groups in total. The van der Waals surface area contributed by atoms with Crippen LogP contribution in [-0.2, 0) is 0 Å². The normalized spacial score (nSPS) is 16.3. The highest BCUT2D eigenvalue weighted by molar-refractivity contribution is 5.94. The number of rotatable bonds is 6. The van der Waals surface area contributed by atoms with E-state index in [4.69, 9.17) is 10.5 Å². The van der Waals surface area contributed by atoms with E-state index in [0.29, 0.717) is 36.4 Å². The maximum absolute atomic E-state index is 12.1. The largest absolute Gasteiger partial charge is 0.497 e. The van der Waals surface area contributed by atoms with Gasteiger partial charge in [0, 0.05) is 18.2 Å². The molecule has 6 nitrogen and oxygen atoms in total. The third-order valence-corrected chi connectivity index (χ3v) is 4.22. The molecule has 1 aromatic rings. The average molecular weight is 332 g/mol. The lowest BCUT2D eigenvalue weighted by Gasteiger charge is -2.16. The Kier molecular flexibility index (Phi) is 7.39. The van der Waals surface area contributed by atoms with Gasteiger partial charge in [-0.2, -0.15) is 0 Å². The Labute approximate surface area is 143 Å². The Morgan fingerprint density at radius 2 is 2.04 bits per heavy atom. The van der Waals surface area contributed by atoms with Crippen molar-refractivity contribution in [2.24, 2.45) is 10.7 Å². The molecular weight excluding hydrogens is 304 g/mol. The van der Waals surface area contributed by atoms with Crippen molar-refractivity contribution in [1.29, 1.82) is 0 Å². The maximum Gasteiger partial charge on any atom is 0.251 e. The Hall–Kier alpha value is -2.24. The van der Waals surface area contributed by atoms with Gasteiger partial charge in [0.15, 0.2) is 5.96 Å². The van der Waals surface area contributed by atoms with Gasteiger partial charge in [0.1, 0.15) is 5.75 Å². The molecule has 0 aliphatic heterocycles.